The first kappa shape index (κ1) is 29.3. The van der Waals surface area contributed by atoms with Gasteiger partial charge in [-0.2, -0.15) is 0 Å². The second-order valence-electron chi connectivity index (χ2n) is 6.36. The van der Waals surface area contributed by atoms with Crippen LogP contribution in [-0.2, 0) is 22.1 Å². The van der Waals surface area contributed by atoms with E-state index in [-0.39, 0.29) is 0 Å². The van der Waals surface area contributed by atoms with Crippen LogP contribution in [-0.4, -0.2) is 85.6 Å². The van der Waals surface area contributed by atoms with Gasteiger partial charge in [0.15, 0.2) is 0 Å². The summed E-state index contributed by atoms with van der Waals surface area (Å²) in [5.74, 6) is 0.312. The van der Waals surface area contributed by atoms with Gasteiger partial charge in [-0.05, 0) is 51.0 Å². The van der Waals surface area contributed by atoms with Gasteiger partial charge in [-0.25, -0.2) is 0 Å². The molecule has 0 amide bonds. The molecule has 7 N–H and O–H groups in total. The molecule has 166 valence electrons. The highest BCUT2D eigenvalue weighted by Gasteiger charge is 2.39. The lowest BCUT2D eigenvalue weighted by molar-refractivity contribution is 0.118. The van der Waals surface area contributed by atoms with Crippen LogP contribution in [0.15, 0.2) is 0 Å². The molecule has 0 aromatic heterocycles. The number of nitrogens with one attached hydrogen (secondary N) is 1. The van der Waals surface area contributed by atoms with Crippen molar-refractivity contribution >= 4 is 17.4 Å². The summed E-state index contributed by atoms with van der Waals surface area (Å²) in [5, 5.41) is 3.24. The molecule has 0 aliphatic rings. The predicted molar refractivity (Wildman–Crippen MR) is 115 cm³/mol. The number of hydrogen-bond donors (Lipinski definition) is 4. The monoisotopic (exact) mass is 428 g/mol. The fourth-order valence-corrected chi connectivity index (χ4v) is 5.91. The van der Waals surface area contributed by atoms with Gasteiger partial charge in [-0.15, -0.1) is 0 Å². The van der Waals surface area contributed by atoms with E-state index in [1.807, 2.05) is 0 Å². The van der Waals surface area contributed by atoms with Crippen molar-refractivity contribution < 1.29 is 22.1 Å². The molecule has 27 heavy (non-hydrogen) atoms. The topological polar surface area (TPSA) is 136 Å². The van der Waals surface area contributed by atoms with Crippen LogP contribution in [0.5, 0.6) is 0 Å². The molecule has 0 radical (unpaired) electrons. The minimum absolute atomic E-state index is 0.312. The van der Waals surface area contributed by atoms with Gasteiger partial charge in [0.1, 0.15) is 0 Å². The fourth-order valence-electron chi connectivity index (χ4n) is 2.44. The zero-order valence-corrected chi connectivity index (χ0v) is 20.2. The predicted octanol–water partition coefficient (Wildman–Crippen LogP) is 0.0778. The number of nitrogens with two attached hydrogens (primary N) is 3. The minimum Gasteiger partial charge on any atom is -0.398 e. The summed E-state index contributed by atoms with van der Waals surface area (Å²) >= 11 is 0. The first-order valence-electron chi connectivity index (χ1n) is 9.43. The molecule has 0 rings (SSSR count). The summed E-state index contributed by atoms with van der Waals surface area (Å²) in [6.45, 7) is 5.87. The first-order chi connectivity index (χ1) is 12.9. The van der Waals surface area contributed by atoms with Gasteiger partial charge in [-0.3, -0.25) is 0 Å². The third-order valence-corrected chi connectivity index (χ3v) is 10.5. The smallest absolute Gasteiger partial charge is 0.398 e. The molecule has 1 atom stereocenters. The Balaban J connectivity index is 0. The quantitative estimate of drug-likeness (QED) is 0.199. The van der Waals surface area contributed by atoms with E-state index >= 15 is 0 Å². The molecule has 0 spiro atoms. The molecule has 0 saturated carbocycles. The van der Waals surface area contributed by atoms with E-state index in [4.69, 9.17) is 39.3 Å². The van der Waals surface area contributed by atoms with E-state index in [0.29, 0.717) is 25.6 Å². The highest BCUT2D eigenvalue weighted by molar-refractivity contribution is 6.65. The molecule has 0 heterocycles. The molecule has 0 aromatic rings. The van der Waals surface area contributed by atoms with Crippen molar-refractivity contribution in [2.24, 2.45) is 23.1 Å². The van der Waals surface area contributed by atoms with Gasteiger partial charge in [0, 0.05) is 54.7 Å². The zero-order chi connectivity index (χ0) is 21.2. The average Bonchev–Trinajstić information content (AvgIpc) is 2.71. The van der Waals surface area contributed by atoms with Gasteiger partial charge in [0.25, 0.3) is 0 Å². The second kappa shape index (κ2) is 18.1. The molecule has 9 nitrogen and oxygen atoms in total. The lowest BCUT2D eigenvalue weighted by Gasteiger charge is -2.27. The fraction of sp³-hybridized carbons (Fsp3) is 1.00. The van der Waals surface area contributed by atoms with Gasteiger partial charge in [-0.1, -0.05) is 0 Å². The van der Waals surface area contributed by atoms with E-state index in [2.05, 4.69) is 11.9 Å². The summed E-state index contributed by atoms with van der Waals surface area (Å²) < 4.78 is 26.7. The lowest BCUT2D eigenvalue weighted by Crippen LogP contribution is -2.45. The number of hydrogen-bond acceptors (Lipinski definition) is 9. The molecular weight excluding hydrogens is 384 g/mol. The Morgan fingerprint density at radius 2 is 1.37 bits per heavy atom. The normalized spacial score (nSPS) is 13.2. The maximum Gasteiger partial charge on any atom is 0.500 e. The third kappa shape index (κ3) is 13.8. The van der Waals surface area contributed by atoms with Crippen LogP contribution in [0.25, 0.3) is 0 Å². The Kier molecular flexibility index (Phi) is 19.7. The van der Waals surface area contributed by atoms with Crippen LogP contribution in [0.3, 0.4) is 0 Å². The highest BCUT2D eigenvalue weighted by Crippen LogP contribution is 2.20. The maximum absolute atomic E-state index is 5.63. The molecule has 0 aliphatic heterocycles. The summed E-state index contributed by atoms with van der Waals surface area (Å²) in [6, 6.07) is 1.75. The molecule has 0 aliphatic carbocycles. The summed E-state index contributed by atoms with van der Waals surface area (Å²) in [4.78, 5) is 0. The lowest BCUT2D eigenvalue weighted by atomic mass is 10.1. The minimum atomic E-state index is -2.47. The third-order valence-electron chi connectivity index (χ3n) is 4.55. The van der Waals surface area contributed by atoms with Crippen molar-refractivity contribution in [1.82, 2.24) is 5.32 Å². The first-order valence-corrected chi connectivity index (χ1v) is 13.9. The summed E-state index contributed by atoms with van der Waals surface area (Å²) in [5.41, 5.74) is 16.5. The molecule has 1 unspecified atom stereocenters. The van der Waals surface area contributed by atoms with Crippen LogP contribution in [0.1, 0.15) is 12.8 Å². The Hall–Kier alpha value is 0.0738. The molecule has 0 aromatic carbocycles. The molecule has 0 fully saturated rings. The Labute approximate surface area is 168 Å². The zero-order valence-electron chi connectivity index (χ0n) is 18.2. The highest BCUT2D eigenvalue weighted by atomic mass is 28.4. The van der Waals surface area contributed by atoms with Crippen LogP contribution < -0.4 is 22.5 Å². The summed E-state index contributed by atoms with van der Waals surface area (Å²) in [6.07, 6.45) is 1.96. The van der Waals surface area contributed by atoms with Crippen molar-refractivity contribution in [3.63, 3.8) is 0 Å². The standard InChI is InChI=1S/C8H22N2O3Si.C8H22N2O2Si/c1-11-14(12-2,13-3)7-8(6-10)4-5-9;1-11-13(3,12-2)8-4-6-10-7-5-9/h8H,4-7,9-10H2,1-3H3;10H,4-9H2,1-3H3. The van der Waals surface area contributed by atoms with Crippen molar-refractivity contribution in [1.29, 1.82) is 0 Å². The van der Waals surface area contributed by atoms with E-state index in [0.717, 1.165) is 38.0 Å². The Morgan fingerprint density at radius 1 is 0.815 bits per heavy atom. The number of rotatable bonds is 16. The molecule has 0 bridgehead atoms. The molecule has 0 saturated heterocycles. The molecular formula is C16H44N4O5Si2. The Bertz CT molecular complexity index is 317. The summed E-state index contributed by atoms with van der Waals surface area (Å²) in [7, 11) is 3.97. The van der Waals surface area contributed by atoms with Crippen molar-refractivity contribution in [2.45, 2.75) is 31.5 Å². The van der Waals surface area contributed by atoms with E-state index in [1.165, 1.54) is 0 Å². The van der Waals surface area contributed by atoms with Crippen molar-refractivity contribution in [3.05, 3.63) is 0 Å². The average molecular weight is 429 g/mol. The Morgan fingerprint density at radius 3 is 1.74 bits per heavy atom. The van der Waals surface area contributed by atoms with Crippen molar-refractivity contribution in [2.75, 3.05) is 68.3 Å². The van der Waals surface area contributed by atoms with Gasteiger partial charge >= 0.3 is 17.4 Å². The van der Waals surface area contributed by atoms with Crippen LogP contribution in [0.2, 0.25) is 18.6 Å². The van der Waals surface area contributed by atoms with Crippen LogP contribution >= 0.6 is 0 Å². The van der Waals surface area contributed by atoms with Gasteiger partial charge in [0.2, 0.25) is 0 Å². The van der Waals surface area contributed by atoms with Crippen LogP contribution in [0.4, 0.5) is 0 Å². The van der Waals surface area contributed by atoms with E-state index in [9.17, 15) is 0 Å². The van der Waals surface area contributed by atoms with E-state index in [1.54, 1.807) is 35.5 Å². The van der Waals surface area contributed by atoms with E-state index < -0.39 is 17.4 Å². The van der Waals surface area contributed by atoms with Gasteiger partial charge in [0.05, 0.1) is 0 Å². The SMILES string of the molecule is CO[Si](C)(CCCNCCN)OC.CO[Si](CC(CN)CCN)(OC)OC. The molecule has 11 heteroatoms. The van der Waals surface area contributed by atoms with Crippen LogP contribution in [0, 0.1) is 5.92 Å². The van der Waals surface area contributed by atoms with Crippen molar-refractivity contribution in [3.8, 4) is 0 Å². The maximum atomic E-state index is 5.63. The largest absolute Gasteiger partial charge is 0.500 e. The second-order valence-corrected chi connectivity index (χ2v) is 12.9. The van der Waals surface area contributed by atoms with Gasteiger partial charge < -0.3 is 44.6 Å².